The van der Waals surface area contributed by atoms with Crippen molar-refractivity contribution >= 4 is 17.3 Å². The predicted octanol–water partition coefficient (Wildman–Crippen LogP) is 3.07. The Kier molecular flexibility index (Phi) is 4.14. The van der Waals surface area contributed by atoms with Gasteiger partial charge in [-0.3, -0.25) is 14.9 Å². The number of amides is 1. The fourth-order valence-corrected chi connectivity index (χ4v) is 1.76. The summed E-state index contributed by atoms with van der Waals surface area (Å²) in [5, 5.41) is 13.4. The Morgan fingerprint density at radius 2 is 2.20 bits per heavy atom. The van der Waals surface area contributed by atoms with E-state index in [1.54, 1.807) is 31.4 Å². The van der Waals surface area contributed by atoms with Gasteiger partial charge < -0.3 is 9.73 Å². The molecule has 0 aliphatic carbocycles. The minimum atomic E-state index is -0.488. The average Bonchev–Trinajstić information content (AvgIpc) is 2.92. The van der Waals surface area contributed by atoms with Crippen molar-refractivity contribution in [1.29, 1.82) is 0 Å². The number of carbonyl (C=O) groups excluding carboxylic acids is 1. The standard InChI is InChI=1S/C14H14N2O4/c1-10-4-5-11(16(18)19)9-13(10)15-14(17)7-6-12-3-2-8-20-12/h2-5,8-9H,6-7H2,1H3,(H,15,17). The number of hydrogen-bond donors (Lipinski definition) is 1. The number of hydrogen-bond acceptors (Lipinski definition) is 4. The molecule has 2 rings (SSSR count). The zero-order valence-electron chi connectivity index (χ0n) is 11.0. The first-order chi connectivity index (χ1) is 9.56. The van der Waals surface area contributed by atoms with Crippen LogP contribution in [-0.4, -0.2) is 10.8 Å². The number of aryl methyl sites for hydroxylation is 2. The molecular formula is C14H14N2O4. The molecular weight excluding hydrogens is 260 g/mol. The Labute approximate surface area is 115 Å². The van der Waals surface area contributed by atoms with E-state index in [9.17, 15) is 14.9 Å². The number of non-ortho nitro benzene ring substituents is 1. The van der Waals surface area contributed by atoms with Gasteiger partial charge in [0.15, 0.2) is 0 Å². The summed E-state index contributed by atoms with van der Waals surface area (Å²) in [7, 11) is 0. The van der Waals surface area contributed by atoms with Crippen LogP contribution in [0.5, 0.6) is 0 Å². The molecule has 0 saturated heterocycles. The van der Waals surface area contributed by atoms with Crippen LogP contribution in [0.4, 0.5) is 11.4 Å². The minimum absolute atomic E-state index is 0.0445. The van der Waals surface area contributed by atoms with Gasteiger partial charge in [0, 0.05) is 25.0 Å². The van der Waals surface area contributed by atoms with Crippen LogP contribution in [0.25, 0.3) is 0 Å². The molecule has 0 bridgehead atoms. The molecule has 20 heavy (non-hydrogen) atoms. The molecule has 6 nitrogen and oxygen atoms in total. The van der Waals surface area contributed by atoms with Gasteiger partial charge in [0.05, 0.1) is 16.9 Å². The summed E-state index contributed by atoms with van der Waals surface area (Å²) in [6, 6.07) is 7.94. The largest absolute Gasteiger partial charge is 0.469 e. The molecule has 0 spiro atoms. The maximum Gasteiger partial charge on any atom is 0.271 e. The fourth-order valence-electron chi connectivity index (χ4n) is 1.76. The van der Waals surface area contributed by atoms with Crippen LogP contribution < -0.4 is 5.32 Å². The zero-order valence-corrected chi connectivity index (χ0v) is 11.0. The highest BCUT2D eigenvalue weighted by Crippen LogP contribution is 2.22. The van der Waals surface area contributed by atoms with Gasteiger partial charge >= 0.3 is 0 Å². The third-order valence-electron chi connectivity index (χ3n) is 2.88. The summed E-state index contributed by atoms with van der Waals surface area (Å²) in [4.78, 5) is 22.0. The van der Waals surface area contributed by atoms with E-state index in [0.717, 1.165) is 11.3 Å². The summed E-state index contributed by atoms with van der Waals surface area (Å²) in [6.45, 7) is 1.78. The van der Waals surface area contributed by atoms with E-state index in [-0.39, 0.29) is 18.0 Å². The van der Waals surface area contributed by atoms with Crippen molar-refractivity contribution in [2.75, 3.05) is 5.32 Å². The van der Waals surface area contributed by atoms with Gasteiger partial charge in [0.1, 0.15) is 5.76 Å². The smallest absolute Gasteiger partial charge is 0.271 e. The normalized spacial score (nSPS) is 10.2. The lowest BCUT2D eigenvalue weighted by atomic mass is 10.1. The number of furan rings is 1. The lowest BCUT2D eigenvalue weighted by Crippen LogP contribution is -2.13. The first-order valence-corrected chi connectivity index (χ1v) is 6.13. The van der Waals surface area contributed by atoms with Gasteiger partial charge in [-0.25, -0.2) is 0 Å². The zero-order chi connectivity index (χ0) is 14.5. The van der Waals surface area contributed by atoms with Gasteiger partial charge in [-0.05, 0) is 24.6 Å². The van der Waals surface area contributed by atoms with Gasteiger partial charge in [-0.1, -0.05) is 6.07 Å². The maximum atomic E-state index is 11.8. The summed E-state index contributed by atoms with van der Waals surface area (Å²) in [5.74, 6) is 0.529. The van der Waals surface area contributed by atoms with Crippen LogP contribution in [0.3, 0.4) is 0 Å². The number of nitrogens with one attached hydrogen (secondary N) is 1. The fraction of sp³-hybridized carbons (Fsp3) is 0.214. The molecule has 1 N–H and O–H groups in total. The van der Waals surface area contributed by atoms with E-state index in [1.165, 1.54) is 12.1 Å². The van der Waals surface area contributed by atoms with Crippen LogP contribution in [0.2, 0.25) is 0 Å². The number of anilines is 1. The predicted molar refractivity (Wildman–Crippen MR) is 73.5 cm³/mol. The second-order valence-corrected chi connectivity index (χ2v) is 4.38. The van der Waals surface area contributed by atoms with E-state index in [1.807, 2.05) is 0 Å². The number of nitrogens with zero attached hydrogens (tertiary/aromatic N) is 1. The molecule has 0 atom stereocenters. The molecule has 6 heteroatoms. The van der Waals surface area contributed by atoms with E-state index in [4.69, 9.17) is 4.42 Å². The second-order valence-electron chi connectivity index (χ2n) is 4.38. The van der Waals surface area contributed by atoms with E-state index in [2.05, 4.69) is 5.32 Å². The van der Waals surface area contributed by atoms with Crippen LogP contribution in [0.1, 0.15) is 17.7 Å². The molecule has 2 aromatic rings. The monoisotopic (exact) mass is 274 g/mol. The topological polar surface area (TPSA) is 85.4 Å². The summed E-state index contributed by atoms with van der Waals surface area (Å²) >= 11 is 0. The van der Waals surface area contributed by atoms with Crippen molar-refractivity contribution in [3.05, 3.63) is 58.0 Å². The quantitative estimate of drug-likeness (QED) is 0.670. The van der Waals surface area contributed by atoms with Crippen molar-refractivity contribution < 1.29 is 14.1 Å². The number of nitro groups is 1. The highest BCUT2D eigenvalue weighted by atomic mass is 16.6. The Morgan fingerprint density at radius 3 is 2.85 bits per heavy atom. The number of carbonyl (C=O) groups is 1. The van der Waals surface area contributed by atoms with Crippen molar-refractivity contribution in [3.8, 4) is 0 Å². The van der Waals surface area contributed by atoms with E-state index in [0.29, 0.717) is 12.1 Å². The lowest BCUT2D eigenvalue weighted by molar-refractivity contribution is -0.384. The van der Waals surface area contributed by atoms with E-state index < -0.39 is 4.92 Å². The maximum absolute atomic E-state index is 11.8. The molecule has 0 saturated carbocycles. The molecule has 1 aromatic heterocycles. The van der Waals surface area contributed by atoms with Gasteiger partial charge in [0.25, 0.3) is 5.69 Å². The number of nitro benzene ring substituents is 1. The molecule has 0 fully saturated rings. The third-order valence-corrected chi connectivity index (χ3v) is 2.88. The molecule has 1 heterocycles. The van der Waals surface area contributed by atoms with Crippen LogP contribution >= 0.6 is 0 Å². The molecule has 0 aliphatic rings. The first kappa shape index (κ1) is 13.8. The summed E-state index contributed by atoms with van der Waals surface area (Å²) < 4.78 is 5.14. The summed E-state index contributed by atoms with van der Waals surface area (Å²) in [5.41, 5.74) is 1.20. The Bertz CT molecular complexity index is 620. The van der Waals surface area contributed by atoms with E-state index >= 15 is 0 Å². The third kappa shape index (κ3) is 3.44. The Hall–Kier alpha value is -2.63. The SMILES string of the molecule is Cc1ccc([N+](=O)[O-])cc1NC(=O)CCc1ccco1. The Balaban J connectivity index is 2.00. The highest BCUT2D eigenvalue weighted by molar-refractivity contribution is 5.91. The molecule has 0 unspecified atom stereocenters. The lowest BCUT2D eigenvalue weighted by Gasteiger charge is -2.07. The van der Waals surface area contributed by atoms with Crippen molar-refractivity contribution in [2.24, 2.45) is 0 Å². The van der Waals surface area contributed by atoms with Crippen molar-refractivity contribution in [3.63, 3.8) is 0 Å². The van der Waals surface area contributed by atoms with Crippen molar-refractivity contribution in [2.45, 2.75) is 19.8 Å². The Morgan fingerprint density at radius 1 is 1.40 bits per heavy atom. The number of benzene rings is 1. The number of rotatable bonds is 5. The van der Waals surface area contributed by atoms with Crippen LogP contribution in [0, 0.1) is 17.0 Å². The molecule has 0 aliphatic heterocycles. The highest BCUT2D eigenvalue weighted by Gasteiger charge is 2.11. The second kappa shape index (κ2) is 6.01. The molecule has 1 aromatic carbocycles. The van der Waals surface area contributed by atoms with Gasteiger partial charge in [-0.2, -0.15) is 0 Å². The first-order valence-electron chi connectivity index (χ1n) is 6.13. The average molecular weight is 274 g/mol. The molecule has 1 amide bonds. The minimum Gasteiger partial charge on any atom is -0.469 e. The summed E-state index contributed by atoms with van der Waals surface area (Å²) in [6.07, 6.45) is 2.31. The van der Waals surface area contributed by atoms with Crippen molar-refractivity contribution in [1.82, 2.24) is 0 Å². The van der Waals surface area contributed by atoms with Gasteiger partial charge in [0.2, 0.25) is 5.91 Å². The van der Waals surface area contributed by atoms with Gasteiger partial charge in [-0.15, -0.1) is 0 Å². The molecule has 104 valence electrons. The van der Waals surface area contributed by atoms with Crippen LogP contribution in [-0.2, 0) is 11.2 Å². The van der Waals surface area contributed by atoms with Crippen LogP contribution in [0.15, 0.2) is 41.0 Å². The molecule has 0 radical (unpaired) electrons.